The van der Waals surface area contributed by atoms with Crippen molar-refractivity contribution in [2.75, 3.05) is 6.61 Å². The Morgan fingerprint density at radius 1 is 0.591 bits per heavy atom. The van der Waals surface area contributed by atoms with E-state index < -0.39 is 0 Å². The number of hydrogen-bond acceptors (Lipinski definition) is 1. The van der Waals surface area contributed by atoms with E-state index in [9.17, 15) is 0 Å². The maximum absolute atomic E-state index is 8.79. The van der Waals surface area contributed by atoms with Gasteiger partial charge in [0.15, 0.2) is 0 Å². The van der Waals surface area contributed by atoms with Crippen LogP contribution in [-0.4, -0.2) is 11.7 Å². The van der Waals surface area contributed by atoms with Crippen molar-refractivity contribution in [1.29, 1.82) is 0 Å². The molecule has 0 aromatic rings. The number of aliphatic hydroxyl groups excluding tert-OH is 1. The Hall–Kier alpha value is -1.08. The summed E-state index contributed by atoms with van der Waals surface area (Å²) in [5.41, 5.74) is 5.79. The lowest BCUT2D eigenvalue weighted by Gasteiger charge is -2.02. The molecule has 0 atom stereocenters. The molecule has 0 aliphatic rings. The van der Waals surface area contributed by atoms with Gasteiger partial charge in [0.25, 0.3) is 0 Å². The molecule has 0 bridgehead atoms. The SMILES string of the molecule is CC(C)=CCC/C(C)=C/CC/C(C)=C/CC/C(C)=C/CCO. The van der Waals surface area contributed by atoms with Gasteiger partial charge in [-0.05, 0) is 79.6 Å². The molecule has 0 aliphatic heterocycles. The van der Waals surface area contributed by atoms with Gasteiger partial charge in [-0.1, -0.05) is 46.6 Å². The molecule has 0 fully saturated rings. The standard InChI is InChI=1S/C21H36O/c1-18(2)10-6-11-19(3)12-7-13-20(4)14-8-15-21(5)16-9-17-22/h10,12,14,16,22H,6-9,11,13,15,17H2,1-5H3/b19-12+,20-14+,21-16+. The average molecular weight is 305 g/mol. The molecular weight excluding hydrogens is 268 g/mol. The van der Waals surface area contributed by atoms with Gasteiger partial charge in [-0.25, -0.2) is 0 Å². The Balaban J connectivity index is 3.94. The summed E-state index contributed by atoms with van der Waals surface area (Å²) in [5.74, 6) is 0. The van der Waals surface area contributed by atoms with E-state index in [1.807, 2.05) is 0 Å². The quantitative estimate of drug-likeness (QED) is 0.431. The molecule has 0 saturated carbocycles. The number of allylic oxidation sites excluding steroid dienone is 7. The lowest BCUT2D eigenvalue weighted by molar-refractivity contribution is 0.302. The first-order valence-electron chi connectivity index (χ1n) is 8.66. The van der Waals surface area contributed by atoms with Crippen molar-refractivity contribution in [1.82, 2.24) is 0 Å². The molecule has 1 heteroatoms. The smallest absolute Gasteiger partial charge is 0.0465 e. The summed E-state index contributed by atoms with van der Waals surface area (Å²) in [6.45, 7) is 11.2. The van der Waals surface area contributed by atoms with E-state index >= 15 is 0 Å². The maximum Gasteiger partial charge on any atom is 0.0465 e. The van der Waals surface area contributed by atoms with E-state index in [1.54, 1.807) is 0 Å². The van der Waals surface area contributed by atoms with Gasteiger partial charge in [-0.15, -0.1) is 0 Å². The van der Waals surface area contributed by atoms with Gasteiger partial charge in [-0.2, -0.15) is 0 Å². The van der Waals surface area contributed by atoms with E-state index in [2.05, 4.69) is 58.9 Å². The second-order valence-corrected chi connectivity index (χ2v) is 6.56. The topological polar surface area (TPSA) is 20.2 Å². The summed E-state index contributed by atoms with van der Waals surface area (Å²) >= 11 is 0. The molecule has 0 rings (SSSR count). The maximum atomic E-state index is 8.79. The third-order valence-corrected chi connectivity index (χ3v) is 3.78. The first-order valence-corrected chi connectivity index (χ1v) is 8.66. The van der Waals surface area contributed by atoms with Crippen LogP contribution < -0.4 is 0 Å². The Morgan fingerprint density at radius 3 is 1.32 bits per heavy atom. The van der Waals surface area contributed by atoms with Crippen molar-refractivity contribution in [3.05, 3.63) is 46.6 Å². The molecule has 0 spiro atoms. The van der Waals surface area contributed by atoms with E-state index in [-0.39, 0.29) is 6.61 Å². The zero-order valence-electron chi connectivity index (χ0n) is 15.4. The van der Waals surface area contributed by atoms with Gasteiger partial charge in [0.1, 0.15) is 0 Å². The molecule has 0 saturated heterocycles. The van der Waals surface area contributed by atoms with E-state index in [4.69, 9.17) is 5.11 Å². The highest BCUT2D eigenvalue weighted by molar-refractivity contribution is 5.07. The molecule has 0 aliphatic carbocycles. The summed E-state index contributed by atoms with van der Waals surface area (Å²) < 4.78 is 0. The van der Waals surface area contributed by atoms with Gasteiger partial charge in [0.2, 0.25) is 0 Å². The van der Waals surface area contributed by atoms with Crippen LogP contribution in [0.15, 0.2) is 46.6 Å². The molecule has 0 aromatic heterocycles. The number of rotatable bonds is 11. The minimum absolute atomic E-state index is 0.255. The molecule has 0 radical (unpaired) electrons. The fraction of sp³-hybridized carbons (Fsp3) is 0.619. The minimum Gasteiger partial charge on any atom is -0.396 e. The highest BCUT2D eigenvalue weighted by atomic mass is 16.2. The summed E-state index contributed by atoms with van der Waals surface area (Å²) in [6, 6.07) is 0. The Labute approximate surface area is 138 Å². The van der Waals surface area contributed by atoms with Gasteiger partial charge < -0.3 is 5.11 Å². The fourth-order valence-corrected chi connectivity index (χ4v) is 2.30. The number of hydrogen-bond donors (Lipinski definition) is 1. The Morgan fingerprint density at radius 2 is 0.955 bits per heavy atom. The normalized spacial score (nSPS) is 13.5. The lowest BCUT2D eigenvalue weighted by Crippen LogP contribution is -1.83. The van der Waals surface area contributed by atoms with Crippen LogP contribution in [0.1, 0.15) is 79.6 Å². The van der Waals surface area contributed by atoms with Gasteiger partial charge >= 0.3 is 0 Å². The van der Waals surface area contributed by atoms with Crippen LogP contribution in [0.25, 0.3) is 0 Å². The molecule has 0 aromatic carbocycles. The molecule has 1 nitrogen and oxygen atoms in total. The predicted octanol–water partition coefficient (Wildman–Crippen LogP) is 6.51. The van der Waals surface area contributed by atoms with Crippen molar-refractivity contribution in [2.45, 2.75) is 79.6 Å². The van der Waals surface area contributed by atoms with Crippen LogP contribution in [-0.2, 0) is 0 Å². The number of aliphatic hydroxyl groups is 1. The zero-order valence-corrected chi connectivity index (χ0v) is 15.4. The molecule has 0 heterocycles. The molecule has 22 heavy (non-hydrogen) atoms. The summed E-state index contributed by atoms with van der Waals surface area (Å²) in [7, 11) is 0. The van der Waals surface area contributed by atoms with E-state index in [0.29, 0.717) is 0 Å². The highest BCUT2D eigenvalue weighted by Gasteiger charge is 1.93. The molecule has 1 N–H and O–H groups in total. The van der Waals surface area contributed by atoms with Crippen molar-refractivity contribution in [3.8, 4) is 0 Å². The van der Waals surface area contributed by atoms with Crippen molar-refractivity contribution in [2.24, 2.45) is 0 Å². The fourth-order valence-electron chi connectivity index (χ4n) is 2.30. The van der Waals surface area contributed by atoms with Gasteiger partial charge in [-0.3, -0.25) is 0 Å². The Kier molecular flexibility index (Phi) is 12.9. The van der Waals surface area contributed by atoms with Crippen LogP contribution >= 0.6 is 0 Å². The third kappa shape index (κ3) is 13.9. The molecule has 0 amide bonds. The van der Waals surface area contributed by atoms with Crippen molar-refractivity contribution >= 4 is 0 Å². The summed E-state index contributed by atoms with van der Waals surface area (Å²) in [5, 5.41) is 8.79. The average Bonchev–Trinajstić information content (AvgIpc) is 2.44. The first kappa shape index (κ1) is 20.9. The van der Waals surface area contributed by atoms with Gasteiger partial charge in [0, 0.05) is 6.61 Å². The van der Waals surface area contributed by atoms with Crippen LogP contribution in [0.4, 0.5) is 0 Å². The first-order chi connectivity index (χ1) is 10.5. The molecular formula is C21H36O. The van der Waals surface area contributed by atoms with Crippen LogP contribution in [0.3, 0.4) is 0 Å². The largest absolute Gasteiger partial charge is 0.396 e. The van der Waals surface area contributed by atoms with E-state index in [1.165, 1.54) is 41.6 Å². The predicted molar refractivity (Wildman–Crippen MR) is 100 cm³/mol. The monoisotopic (exact) mass is 304 g/mol. The summed E-state index contributed by atoms with van der Waals surface area (Å²) in [4.78, 5) is 0. The van der Waals surface area contributed by atoms with Crippen molar-refractivity contribution < 1.29 is 5.11 Å². The third-order valence-electron chi connectivity index (χ3n) is 3.78. The Bertz CT molecular complexity index is 404. The second-order valence-electron chi connectivity index (χ2n) is 6.56. The van der Waals surface area contributed by atoms with Gasteiger partial charge in [0.05, 0.1) is 0 Å². The van der Waals surface area contributed by atoms with E-state index in [0.717, 1.165) is 25.7 Å². The van der Waals surface area contributed by atoms with Crippen LogP contribution in [0.5, 0.6) is 0 Å². The zero-order chi connectivity index (χ0) is 16.8. The lowest BCUT2D eigenvalue weighted by atomic mass is 10.0. The summed E-state index contributed by atoms with van der Waals surface area (Å²) in [6.07, 6.45) is 16.9. The highest BCUT2D eigenvalue weighted by Crippen LogP contribution is 2.13. The van der Waals surface area contributed by atoms with Crippen molar-refractivity contribution in [3.63, 3.8) is 0 Å². The minimum atomic E-state index is 0.255. The van der Waals surface area contributed by atoms with Crippen LogP contribution in [0.2, 0.25) is 0 Å². The second kappa shape index (κ2) is 13.6. The molecule has 126 valence electrons. The molecule has 0 unspecified atom stereocenters. The van der Waals surface area contributed by atoms with Crippen LogP contribution in [0, 0.1) is 0 Å².